The molecule has 0 saturated heterocycles. The molecule has 1 N–H and O–H groups in total. The predicted molar refractivity (Wildman–Crippen MR) is 82.6 cm³/mol. The van der Waals surface area contributed by atoms with E-state index in [4.69, 9.17) is 4.74 Å². The quantitative estimate of drug-likeness (QED) is 0.711. The summed E-state index contributed by atoms with van der Waals surface area (Å²) in [4.78, 5) is 22.9. The molecule has 0 heterocycles. The average molecular weight is 291 g/mol. The van der Waals surface area contributed by atoms with E-state index in [1.54, 1.807) is 0 Å². The molecule has 0 unspecified atom stereocenters. The third-order valence-electron chi connectivity index (χ3n) is 3.24. The third-order valence-corrected chi connectivity index (χ3v) is 3.24. The Balaban J connectivity index is 2.29. The van der Waals surface area contributed by atoms with Crippen molar-refractivity contribution in [3.8, 4) is 0 Å². The molecule has 116 valence electrons. The van der Waals surface area contributed by atoms with Crippen LogP contribution in [0.2, 0.25) is 0 Å². The second-order valence-electron chi connectivity index (χ2n) is 5.17. The maximum atomic E-state index is 11.8. The second-order valence-corrected chi connectivity index (χ2v) is 5.17. The standard InChI is InChI=1S/C17H25NO3/c1-3-4-10-16(21-14(2)19)11-12-17(20)18-13-15-8-6-5-7-9-15/h5-9,16H,3-4,10-13H2,1-2H3,(H,18,20)/t16-/m0/s1. The number of hydrogen-bond donors (Lipinski definition) is 1. The molecule has 0 bridgehead atoms. The molecule has 0 aromatic heterocycles. The Hall–Kier alpha value is -1.84. The topological polar surface area (TPSA) is 55.4 Å². The lowest BCUT2D eigenvalue weighted by Gasteiger charge is -2.16. The fourth-order valence-corrected chi connectivity index (χ4v) is 2.11. The summed E-state index contributed by atoms with van der Waals surface area (Å²) < 4.78 is 5.25. The Morgan fingerprint density at radius 1 is 1.19 bits per heavy atom. The summed E-state index contributed by atoms with van der Waals surface area (Å²) in [6.45, 7) is 4.04. The molecule has 1 aromatic rings. The van der Waals surface area contributed by atoms with E-state index in [1.807, 2.05) is 30.3 Å². The number of rotatable bonds is 9. The van der Waals surface area contributed by atoms with Crippen LogP contribution in [-0.4, -0.2) is 18.0 Å². The Kier molecular flexibility index (Phi) is 8.17. The van der Waals surface area contributed by atoms with Crippen molar-refractivity contribution in [1.82, 2.24) is 5.32 Å². The lowest BCUT2D eigenvalue weighted by atomic mass is 10.1. The molecule has 0 aliphatic rings. The van der Waals surface area contributed by atoms with Crippen LogP contribution in [0.15, 0.2) is 30.3 Å². The summed E-state index contributed by atoms with van der Waals surface area (Å²) in [6.07, 6.45) is 3.70. The monoisotopic (exact) mass is 291 g/mol. The second kappa shape index (κ2) is 9.97. The number of hydrogen-bond acceptors (Lipinski definition) is 3. The van der Waals surface area contributed by atoms with Gasteiger partial charge in [-0.2, -0.15) is 0 Å². The minimum absolute atomic E-state index is 0.00694. The molecule has 0 spiro atoms. The zero-order valence-electron chi connectivity index (χ0n) is 12.9. The van der Waals surface area contributed by atoms with Gasteiger partial charge in [0.2, 0.25) is 5.91 Å². The molecule has 4 nitrogen and oxygen atoms in total. The first-order chi connectivity index (χ1) is 10.1. The van der Waals surface area contributed by atoms with Gasteiger partial charge < -0.3 is 10.1 Å². The van der Waals surface area contributed by atoms with Gasteiger partial charge in [0.05, 0.1) is 0 Å². The van der Waals surface area contributed by atoms with Crippen LogP contribution in [0.5, 0.6) is 0 Å². The van der Waals surface area contributed by atoms with Crippen molar-refractivity contribution in [3.63, 3.8) is 0 Å². The molecule has 0 aliphatic carbocycles. The highest BCUT2D eigenvalue weighted by atomic mass is 16.5. The molecule has 1 rings (SSSR count). The van der Waals surface area contributed by atoms with Gasteiger partial charge >= 0.3 is 5.97 Å². The molecule has 21 heavy (non-hydrogen) atoms. The van der Waals surface area contributed by atoms with Gasteiger partial charge in [0.15, 0.2) is 0 Å². The highest BCUT2D eigenvalue weighted by Crippen LogP contribution is 2.11. The van der Waals surface area contributed by atoms with Crippen molar-refractivity contribution < 1.29 is 14.3 Å². The summed E-state index contributed by atoms with van der Waals surface area (Å²) in [6, 6.07) is 9.79. The van der Waals surface area contributed by atoms with E-state index in [2.05, 4.69) is 12.2 Å². The fourth-order valence-electron chi connectivity index (χ4n) is 2.11. The van der Waals surface area contributed by atoms with Crippen LogP contribution in [-0.2, 0) is 20.9 Å². The zero-order chi connectivity index (χ0) is 15.5. The summed E-state index contributed by atoms with van der Waals surface area (Å²) in [7, 11) is 0. The maximum absolute atomic E-state index is 11.8. The van der Waals surface area contributed by atoms with Crippen molar-refractivity contribution in [1.29, 1.82) is 0 Å². The van der Waals surface area contributed by atoms with Crippen molar-refractivity contribution >= 4 is 11.9 Å². The van der Waals surface area contributed by atoms with Gasteiger partial charge in [-0.15, -0.1) is 0 Å². The summed E-state index contributed by atoms with van der Waals surface area (Å²) >= 11 is 0. The molecule has 0 aliphatic heterocycles. The van der Waals surface area contributed by atoms with Crippen molar-refractivity contribution in [3.05, 3.63) is 35.9 Å². The van der Waals surface area contributed by atoms with Gasteiger partial charge in [0, 0.05) is 19.9 Å². The first-order valence-electron chi connectivity index (χ1n) is 7.59. The van der Waals surface area contributed by atoms with Crippen LogP contribution >= 0.6 is 0 Å². The highest BCUT2D eigenvalue weighted by molar-refractivity contribution is 5.75. The van der Waals surface area contributed by atoms with Crippen LogP contribution in [0.3, 0.4) is 0 Å². The van der Waals surface area contributed by atoms with Gasteiger partial charge in [0.25, 0.3) is 0 Å². The van der Waals surface area contributed by atoms with Gasteiger partial charge in [-0.3, -0.25) is 9.59 Å². The molecule has 4 heteroatoms. The van der Waals surface area contributed by atoms with Crippen molar-refractivity contribution in [2.24, 2.45) is 0 Å². The molecule has 1 atom stereocenters. The summed E-state index contributed by atoms with van der Waals surface area (Å²) in [5, 5.41) is 2.88. The largest absolute Gasteiger partial charge is 0.463 e. The zero-order valence-corrected chi connectivity index (χ0v) is 12.9. The van der Waals surface area contributed by atoms with Crippen molar-refractivity contribution in [2.45, 2.75) is 58.6 Å². The number of unbranched alkanes of at least 4 members (excludes halogenated alkanes) is 1. The Morgan fingerprint density at radius 3 is 2.52 bits per heavy atom. The lowest BCUT2D eigenvalue weighted by Crippen LogP contribution is -2.25. The van der Waals surface area contributed by atoms with Crippen LogP contribution in [0.4, 0.5) is 0 Å². The molecule has 1 amide bonds. The highest BCUT2D eigenvalue weighted by Gasteiger charge is 2.13. The molecular formula is C17H25NO3. The van der Waals surface area contributed by atoms with E-state index in [1.165, 1.54) is 6.92 Å². The van der Waals surface area contributed by atoms with E-state index >= 15 is 0 Å². The number of carbonyl (C=O) groups excluding carboxylic acids is 2. The first-order valence-corrected chi connectivity index (χ1v) is 7.59. The maximum Gasteiger partial charge on any atom is 0.302 e. The van der Waals surface area contributed by atoms with Gasteiger partial charge in [-0.1, -0.05) is 50.1 Å². The van der Waals surface area contributed by atoms with E-state index < -0.39 is 0 Å². The number of nitrogens with one attached hydrogen (secondary N) is 1. The summed E-state index contributed by atoms with van der Waals surface area (Å²) in [5.41, 5.74) is 1.08. The van der Waals surface area contributed by atoms with Crippen molar-refractivity contribution in [2.75, 3.05) is 0 Å². The van der Waals surface area contributed by atoms with Crippen LogP contribution in [0.1, 0.15) is 51.5 Å². The Bertz CT molecular complexity index is 431. The number of carbonyl (C=O) groups is 2. The smallest absolute Gasteiger partial charge is 0.302 e. The van der Waals surface area contributed by atoms with Crippen LogP contribution in [0.25, 0.3) is 0 Å². The van der Waals surface area contributed by atoms with E-state index in [0.717, 1.165) is 24.8 Å². The fraction of sp³-hybridized carbons (Fsp3) is 0.529. The molecular weight excluding hydrogens is 266 g/mol. The normalized spacial score (nSPS) is 11.7. The van der Waals surface area contributed by atoms with E-state index in [-0.39, 0.29) is 18.0 Å². The molecule has 0 fully saturated rings. The van der Waals surface area contributed by atoms with Gasteiger partial charge in [-0.25, -0.2) is 0 Å². The number of esters is 1. The predicted octanol–water partition coefficient (Wildman–Crippen LogP) is 3.20. The van der Waals surface area contributed by atoms with E-state index in [0.29, 0.717) is 19.4 Å². The minimum Gasteiger partial charge on any atom is -0.463 e. The number of amides is 1. The lowest BCUT2D eigenvalue weighted by molar-refractivity contribution is -0.147. The third kappa shape index (κ3) is 8.12. The van der Waals surface area contributed by atoms with Crippen LogP contribution in [0, 0.1) is 0 Å². The number of ether oxygens (including phenoxy) is 1. The Morgan fingerprint density at radius 2 is 1.90 bits per heavy atom. The summed E-state index contributed by atoms with van der Waals surface area (Å²) in [5.74, 6) is -0.284. The van der Waals surface area contributed by atoms with E-state index in [9.17, 15) is 9.59 Å². The molecule has 1 aromatic carbocycles. The van der Waals surface area contributed by atoms with Gasteiger partial charge in [-0.05, 0) is 18.4 Å². The molecule has 0 saturated carbocycles. The Labute approximate surface area is 126 Å². The van der Waals surface area contributed by atoms with Crippen LogP contribution < -0.4 is 5.32 Å². The SMILES string of the molecule is CCCC[C@@H](CCC(=O)NCc1ccccc1)OC(C)=O. The minimum atomic E-state index is -0.277. The molecule has 0 radical (unpaired) electrons. The average Bonchev–Trinajstić information content (AvgIpc) is 2.48. The number of benzene rings is 1. The first kappa shape index (κ1) is 17.2. The van der Waals surface area contributed by atoms with Gasteiger partial charge in [0.1, 0.15) is 6.10 Å².